The third-order valence-electron chi connectivity index (χ3n) is 4.92. The number of ether oxygens (including phenoxy) is 2. The van der Waals surface area contributed by atoms with E-state index in [1.165, 1.54) is 36.8 Å². The van der Waals surface area contributed by atoms with Gasteiger partial charge in [0.2, 0.25) is 0 Å². The lowest BCUT2D eigenvalue weighted by Crippen LogP contribution is -2.29. The molecule has 0 bridgehead atoms. The minimum Gasteiger partial charge on any atom is -0.493 e. The molecule has 1 aromatic carbocycles. The first-order valence-corrected chi connectivity index (χ1v) is 7.86. The third kappa shape index (κ3) is 3.61. The Balaban J connectivity index is 2.07. The summed E-state index contributed by atoms with van der Waals surface area (Å²) in [6.07, 6.45) is 6.02. The Morgan fingerprint density at radius 1 is 1.19 bits per heavy atom. The predicted molar refractivity (Wildman–Crippen MR) is 88.1 cm³/mol. The summed E-state index contributed by atoms with van der Waals surface area (Å²) < 4.78 is 10.7. The van der Waals surface area contributed by atoms with E-state index >= 15 is 0 Å². The Labute approximate surface area is 129 Å². The summed E-state index contributed by atoms with van der Waals surface area (Å²) in [5.41, 5.74) is 3.12. The zero-order valence-corrected chi connectivity index (χ0v) is 13.9. The number of hydrogen-bond donors (Lipinski definition) is 0. The van der Waals surface area contributed by atoms with Gasteiger partial charge in [-0.2, -0.15) is 0 Å². The largest absolute Gasteiger partial charge is 0.493 e. The SMILES string of the molecule is C=C1CCCC(C)(C)C1CCc1ccc(OC)c(OC)c1. The zero-order valence-electron chi connectivity index (χ0n) is 13.9. The van der Waals surface area contributed by atoms with Gasteiger partial charge in [-0.1, -0.05) is 32.1 Å². The van der Waals surface area contributed by atoms with Gasteiger partial charge in [0.1, 0.15) is 0 Å². The highest BCUT2D eigenvalue weighted by atomic mass is 16.5. The Morgan fingerprint density at radius 2 is 1.90 bits per heavy atom. The first-order chi connectivity index (χ1) is 9.97. The molecule has 0 radical (unpaired) electrons. The molecule has 0 aliphatic heterocycles. The van der Waals surface area contributed by atoms with E-state index in [1.807, 2.05) is 6.07 Å². The minimum atomic E-state index is 0.381. The van der Waals surface area contributed by atoms with Crippen LogP contribution in [0.3, 0.4) is 0 Å². The summed E-state index contributed by atoms with van der Waals surface area (Å²) in [6.45, 7) is 9.09. The molecule has 21 heavy (non-hydrogen) atoms. The molecule has 0 saturated heterocycles. The van der Waals surface area contributed by atoms with E-state index in [1.54, 1.807) is 14.2 Å². The van der Waals surface area contributed by atoms with Crippen molar-refractivity contribution in [3.8, 4) is 11.5 Å². The van der Waals surface area contributed by atoms with Crippen molar-refractivity contribution in [1.82, 2.24) is 0 Å². The van der Waals surface area contributed by atoms with Crippen LogP contribution in [0.4, 0.5) is 0 Å². The molecule has 1 aliphatic carbocycles. The maximum atomic E-state index is 5.39. The molecule has 1 atom stereocenters. The van der Waals surface area contributed by atoms with Crippen LogP contribution in [0.25, 0.3) is 0 Å². The summed E-state index contributed by atoms with van der Waals surface area (Å²) in [6, 6.07) is 6.23. The average molecular weight is 288 g/mol. The van der Waals surface area contributed by atoms with E-state index in [9.17, 15) is 0 Å². The quantitative estimate of drug-likeness (QED) is 0.708. The highest BCUT2D eigenvalue weighted by Gasteiger charge is 2.33. The standard InChI is InChI=1S/C19H28O2/c1-14-7-6-12-19(2,3)16(14)10-8-15-9-11-17(20-4)18(13-15)21-5/h9,11,13,16H,1,6-8,10,12H2,2-5H3. The molecule has 1 aliphatic rings. The topological polar surface area (TPSA) is 18.5 Å². The van der Waals surface area contributed by atoms with Crippen LogP contribution in [-0.4, -0.2) is 14.2 Å². The lowest BCUT2D eigenvalue weighted by atomic mass is 9.65. The summed E-state index contributed by atoms with van der Waals surface area (Å²) in [5.74, 6) is 2.24. The molecular formula is C19H28O2. The first-order valence-electron chi connectivity index (χ1n) is 7.86. The van der Waals surface area contributed by atoms with Gasteiger partial charge >= 0.3 is 0 Å². The lowest BCUT2D eigenvalue weighted by molar-refractivity contribution is 0.180. The molecule has 2 heteroatoms. The highest BCUT2D eigenvalue weighted by Crippen LogP contribution is 2.45. The van der Waals surface area contributed by atoms with Gasteiger partial charge in [-0.15, -0.1) is 0 Å². The Hall–Kier alpha value is -1.44. The maximum Gasteiger partial charge on any atom is 0.160 e. The van der Waals surface area contributed by atoms with Gasteiger partial charge in [-0.25, -0.2) is 0 Å². The van der Waals surface area contributed by atoms with Crippen molar-refractivity contribution in [1.29, 1.82) is 0 Å². The average Bonchev–Trinajstić information content (AvgIpc) is 2.45. The van der Waals surface area contributed by atoms with Gasteiger partial charge in [-0.3, -0.25) is 0 Å². The van der Waals surface area contributed by atoms with Crippen molar-refractivity contribution in [2.45, 2.75) is 46.0 Å². The minimum absolute atomic E-state index is 0.381. The molecule has 2 nitrogen and oxygen atoms in total. The normalized spacial score (nSPS) is 21.1. The summed E-state index contributed by atoms with van der Waals surface area (Å²) in [5, 5.41) is 0. The van der Waals surface area contributed by atoms with Crippen molar-refractivity contribution >= 4 is 0 Å². The summed E-state index contributed by atoms with van der Waals surface area (Å²) >= 11 is 0. The van der Waals surface area contributed by atoms with Crippen molar-refractivity contribution in [2.75, 3.05) is 14.2 Å². The maximum absolute atomic E-state index is 5.39. The molecule has 1 unspecified atom stereocenters. The summed E-state index contributed by atoms with van der Waals surface area (Å²) in [4.78, 5) is 0. The second-order valence-corrected chi connectivity index (χ2v) is 6.78. The molecule has 1 fully saturated rings. The number of hydrogen-bond acceptors (Lipinski definition) is 2. The number of allylic oxidation sites excluding steroid dienone is 1. The molecule has 116 valence electrons. The van der Waals surface area contributed by atoms with Crippen LogP contribution >= 0.6 is 0 Å². The van der Waals surface area contributed by atoms with E-state index in [0.717, 1.165) is 17.9 Å². The Morgan fingerprint density at radius 3 is 2.52 bits per heavy atom. The second-order valence-electron chi connectivity index (χ2n) is 6.78. The fraction of sp³-hybridized carbons (Fsp3) is 0.579. The smallest absolute Gasteiger partial charge is 0.160 e. The van der Waals surface area contributed by atoms with Gasteiger partial charge in [0.25, 0.3) is 0 Å². The van der Waals surface area contributed by atoms with Crippen molar-refractivity contribution in [3.63, 3.8) is 0 Å². The van der Waals surface area contributed by atoms with Crippen LogP contribution in [0.2, 0.25) is 0 Å². The van der Waals surface area contributed by atoms with Crippen LogP contribution in [0.15, 0.2) is 30.4 Å². The molecular weight excluding hydrogens is 260 g/mol. The van der Waals surface area contributed by atoms with Gasteiger partial charge in [0, 0.05) is 0 Å². The molecule has 0 spiro atoms. The number of aryl methyl sites for hydroxylation is 1. The number of methoxy groups -OCH3 is 2. The monoisotopic (exact) mass is 288 g/mol. The Bertz CT molecular complexity index is 502. The van der Waals surface area contributed by atoms with Gasteiger partial charge < -0.3 is 9.47 Å². The van der Waals surface area contributed by atoms with E-state index in [-0.39, 0.29) is 0 Å². The van der Waals surface area contributed by atoms with Gasteiger partial charge in [0.05, 0.1) is 14.2 Å². The fourth-order valence-electron chi connectivity index (χ4n) is 3.61. The third-order valence-corrected chi connectivity index (χ3v) is 4.92. The second kappa shape index (κ2) is 6.55. The fourth-order valence-corrected chi connectivity index (χ4v) is 3.61. The van der Waals surface area contributed by atoms with Crippen molar-refractivity contribution < 1.29 is 9.47 Å². The van der Waals surface area contributed by atoms with Crippen LogP contribution in [0.5, 0.6) is 11.5 Å². The van der Waals surface area contributed by atoms with Crippen molar-refractivity contribution in [3.05, 3.63) is 35.9 Å². The van der Waals surface area contributed by atoms with Gasteiger partial charge in [-0.05, 0) is 61.1 Å². The summed E-state index contributed by atoms with van der Waals surface area (Å²) in [7, 11) is 3.36. The molecule has 0 aromatic heterocycles. The van der Waals surface area contributed by atoms with Gasteiger partial charge in [0.15, 0.2) is 11.5 Å². The van der Waals surface area contributed by atoms with E-state index in [4.69, 9.17) is 9.47 Å². The molecule has 2 rings (SSSR count). The van der Waals surface area contributed by atoms with E-state index < -0.39 is 0 Å². The van der Waals surface area contributed by atoms with Crippen LogP contribution in [-0.2, 0) is 6.42 Å². The molecule has 1 saturated carbocycles. The van der Waals surface area contributed by atoms with E-state index in [2.05, 4.69) is 32.6 Å². The lowest BCUT2D eigenvalue weighted by Gasteiger charge is -2.40. The Kier molecular flexibility index (Phi) is 4.97. The highest BCUT2D eigenvalue weighted by molar-refractivity contribution is 5.43. The van der Waals surface area contributed by atoms with Crippen LogP contribution < -0.4 is 9.47 Å². The number of rotatable bonds is 5. The van der Waals surface area contributed by atoms with Crippen LogP contribution in [0.1, 0.15) is 45.1 Å². The molecule has 0 amide bonds. The molecule has 0 N–H and O–H groups in total. The first kappa shape index (κ1) is 15.9. The van der Waals surface area contributed by atoms with Crippen LogP contribution in [0, 0.1) is 11.3 Å². The molecule has 1 aromatic rings. The predicted octanol–water partition coefficient (Wildman–Crippen LogP) is 5.02. The number of benzene rings is 1. The molecule has 0 heterocycles. The van der Waals surface area contributed by atoms with E-state index in [0.29, 0.717) is 11.3 Å². The zero-order chi connectivity index (χ0) is 15.5. The van der Waals surface area contributed by atoms with Crippen molar-refractivity contribution in [2.24, 2.45) is 11.3 Å².